The van der Waals surface area contributed by atoms with Crippen molar-refractivity contribution in [1.82, 2.24) is 10.1 Å². The van der Waals surface area contributed by atoms with Crippen molar-refractivity contribution in [2.75, 3.05) is 26.7 Å². The molecule has 1 atom stereocenters. The molecule has 0 unspecified atom stereocenters. The Labute approximate surface area is 97.8 Å². The third-order valence-corrected chi connectivity index (χ3v) is 2.50. The Morgan fingerprint density at radius 2 is 2.25 bits per heavy atom. The van der Waals surface area contributed by atoms with E-state index in [-0.39, 0.29) is 5.54 Å². The van der Waals surface area contributed by atoms with Gasteiger partial charge in [0.2, 0.25) is 0 Å². The maximum absolute atomic E-state index is 9.30. The summed E-state index contributed by atoms with van der Waals surface area (Å²) in [5.41, 5.74) is 8.04. The highest BCUT2D eigenvalue weighted by molar-refractivity contribution is 6.45. The fourth-order valence-electron chi connectivity index (χ4n) is 1.98. The zero-order valence-electron chi connectivity index (χ0n) is 10.6. The second kappa shape index (κ2) is 7.52. The lowest BCUT2D eigenvalue weighted by Gasteiger charge is -2.29. The molecule has 0 bridgehead atoms. The van der Waals surface area contributed by atoms with E-state index in [4.69, 9.17) is 5.53 Å². The van der Waals surface area contributed by atoms with Crippen molar-refractivity contribution in [3.05, 3.63) is 10.4 Å². The molecule has 1 saturated heterocycles. The molecule has 6 nitrogen and oxygen atoms in total. The number of hydrogen-bond donors (Lipinski definition) is 2. The Balaban J connectivity index is 0.00000106. The minimum Gasteiger partial charge on any atom is -0.437 e. The fraction of sp³-hybridized carbons (Fsp3) is 1.00. The van der Waals surface area contributed by atoms with Crippen molar-refractivity contribution < 1.29 is 5.02 Å². The standard InChI is InChI=1S/C7H16BN5O.C2H6/c1-8(14)11-7(5-10-12-9)3-4-13(2)6-7;1-2/h11,14H,3-6H2,1-2H3;1-2H3/t7-;/m0./s1. The summed E-state index contributed by atoms with van der Waals surface area (Å²) in [6, 6.07) is 0. The summed E-state index contributed by atoms with van der Waals surface area (Å²) in [6.07, 6.45) is 0.896. The normalized spacial score (nSPS) is 24.3. The van der Waals surface area contributed by atoms with E-state index >= 15 is 0 Å². The van der Waals surface area contributed by atoms with Crippen molar-refractivity contribution in [3.8, 4) is 0 Å². The quantitative estimate of drug-likeness (QED) is 0.326. The van der Waals surface area contributed by atoms with Crippen molar-refractivity contribution in [3.63, 3.8) is 0 Å². The van der Waals surface area contributed by atoms with Gasteiger partial charge >= 0.3 is 7.05 Å². The van der Waals surface area contributed by atoms with E-state index in [9.17, 15) is 5.02 Å². The van der Waals surface area contributed by atoms with Gasteiger partial charge in [-0.2, -0.15) is 0 Å². The van der Waals surface area contributed by atoms with Gasteiger partial charge in [-0.25, -0.2) is 0 Å². The number of hydrogen-bond acceptors (Lipinski definition) is 4. The first-order chi connectivity index (χ1) is 7.58. The third-order valence-electron chi connectivity index (χ3n) is 2.50. The molecule has 0 aromatic rings. The second-order valence-corrected chi connectivity index (χ2v) is 3.98. The molecule has 7 heteroatoms. The molecular formula is C9H22BN5O. The Morgan fingerprint density at radius 1 is 1.62 bits per heavy atom. The lowest BCUT2D eigenvalue weighted by Crippen LogP contribution is -2.55. The van der Waals surface area contributed by atoms with Crippen LogP contribution < -0.4 is 5.23 Å². The highest BCUT2D eigenvalue weighted by atomic mass is 16.2. The molecule has 1 aliphatic rings. The van der Waals surface area contributed by atoms with E-state index in [1.807, 2.05) is 20.9 Å². The number of nitrogens with zero attached hydrogens (tertiary/aromatic N) is 4. The molecule has 92 valence electrons. The van der Waals surface area contributed by atoms with Crippen molar-refractivity contribution >= 4 is 7.05 Å². The largest absolute Gasteiger partial charge is 0.437 e. The van der Waals surface area contributed by atoms with Gasteiger partial charge in [-0.15, -0.1) is 0 Å². The van der Waals surface area contributed by atoms with Crippen molar-refractivity contribution in [1.29, 1.82) is 0 Å². The average molecular weight is 227 g/mol. The Hall–Kier alpha value is -0.745. The number of rotatable bonds is 4. The molecule has 2 N–H and O–H groups in total. The molecule has 0 saturated carbocycles. The van der Waals surface area contributed by atoms with Gasteiger partial charge in [0.05, 0.1) is 0 Å². The highest BCUT2D eigenvalue weighted by Crippen LogP contribution is 2.20. The van der Waals surface area contributed by atoms with Crippen LogP contribution in [0.3, 0.4) is 0 Å². The van der Waals surface area contributed by atoms with Gasteiger partial charge in [-0.3, -0.25) is 0 Å². The summed E-state index contributed by atoms with van der Waals surface area (Å²) >= 11 is 0. The van der Waals surface area contributed by atoms with E-state index in [0.717, 1.165) is 19.5 Å². The van der Waals surface area contributed by atoms with Crippen LogP contribution in [0, 0.1) is 0 Å². The first-order valence-electron chi connectivity index (χ1n) is 5.73. The highest BCUT2D eigenvalue weighted by Gasteiger charge is 2.37. The molecule has 0 radical (unpaired) electrons. The van der Waals surface area contributed by atoms with E-state index < -0.39 is 7.05 Å². The van der Waals surface area contributed by atoms with Crippen LogP contribution in [0.5, 0.6) is 0 Å². The van der Waals surface area contributed by atoms with Crippen LogP contribution in [0.4, 0.5) is 0 Å². The molecule has 0 aliphatic carbocycles. The van der Waals surface area contributed by atoms with Gasteiger partial charge in [0.25, 0.3) is 0 Å². The van der Waals surface area contributed by atoms with Gasteiger partial charge < -0.3 is 15.2 Å². The van der Waals surface area contributed by atoms with Gasteiger partial charge in [0.15, 0.2) is 0 Å². The number of azide groups is 1. The zero-order chi connectivity index (χ0) is 12.6. The molecule has 1 fully saturated rings. The van der Waals surface area contributed by atoms with Crippen LogP contribution in [0.15, 0.2) is 5.11 Å². The fourth-order valence-corrected chi connectivity index (χ4v) is 1.98. The van der Waals surface area contributed by atoms with Crippen molar-refractivity contribution in [2.24, 2.45) is 5.11 Å². The minimum absolute atomic E-state index is 0.255. The Morgan fingerprint density at radius 3 is 2.62 bits per heavy atom. The predicted molar refractivity (Wildman–Crippen MR) is 67.2 cm³/mol. The van der Waals surface area contributed by atoms with E-state index in [2.05, 4.69) is 20.2 Å². The van der Waals surface area contributed by atoms with Gasteiger partial charge in [-0.05, 0) is 32.4 Å². The van der Waals surface area contributed by atoms with E-state index in [1.165, 1.54) is 0 Å². The molecule has 16 heavy (non-hydrogen) atoms. The molecule has 0 spiro atoms. The molecule has 1 aliphatic heterocycles. The Bertz CT molecular complexity index is 244. The second-order valence-electron chi connectivity index (χ2n) is 3.98. The molecule has 0 aromatic heterocycles. The topological polar surface area (TPSA) is 84.3 Å². The smallest absolute Gasteiger partial charge is 0.374 e. The van der Waals surface area contributed by atoms with Crippen LogP contribution in [0.2, 0.25) is 6.82 Å². The molecule has 0 amide bonds. The summed E-state index contributed by atoms with van der Waals surface area (Å²) in [7, 11) is 1.44. The van der Waals surface area contributed by atoms with Gasteiger partial charge in [0.1, 0.15) is 0 Å². The summed E-state index contributed by atoms with van der Waals surface area (Å²) in [5.74, 6) is 0. The molecule has 0 aromatic carbocycles. The van der Waals surface area contributed by atoms with E-state index in [1.54, 1.807) is 6.82 Å². The molecule has 1 heterocycles. The third kappa shape index (κ3) is 4.85. The first kappa shape index (κ1) is 15.3. The number of nitrogens with one attached hydrogen (secondary N) is 1. The maximum Gasteiger partial charge on any atom is 0.374 e. The van der Waals surface area contributed by atoms with Crippen LogP contribution in [-0.2, 0) is 0 Å². The SMILES string of the molecule is CB(O)N[C@]1(CN=[N+]=[N-])CCN(C)C1.CC. The molecule has 1 rings (SSSR count). The number of likely N-dealkylation sites (N-methyl/N-ethyl adjacent to an activating group) is 1. The van der Waals surface area contributed by atoms with Crippen LogP contribution in [-0.4, -0.2) is 49.2 Å². The zero-order valence-corrected chi connectivity index (χ0v) is 10.6. The number of likely N-dealkylation sites (tertiary alicyclic amines) is 1. The summed E-state index contributed by atoms with van der Waals surface area (Å²) in [5, 5.41) is 16.0. The molecular weight excluding hydrogens is 205 g/mol. The maximum atomic E-state index is 9.30. The first-order valence-corrected chi connectivity index (χ1v) is 5.73. The predicted octanol–water partition coefficient (Wildman–Crippen LogP) is 1.10. The minimum atomic E-state index is -0.574. The van der Waals surface area contributed by atoms with E-state index in [0.29, 0.717) is 6.54 Å². The van der Waals surface area contributed by atoms with Gasteiger partial charge in [-0.1, -0.05) is 19.0 Å². The average Bonchev–Trinajstić information content (AvgIpc) is 2.60. The Kier molecular flexibility index (Phi) is 7.17. The monoisotopic (exact) mass is 227 g/mol. The lowest BCUT2D eigenvalue weighted by atomic mass is 9.82. The van der Waals surface area contributed by atoms with Gasteiger partial charge in [0, 0.05) is 23.5 Å². The van der Waals surface area contributed by atoms with Crippen LogP contribution >= 0.6 is 0 Å². The van der Waals surface area contributed by atoms with Crippen LogP contribution in [0.25, 0.3) is 10.4 Å². The summed E-state index contributed by atoms with van der Waals surface area (Å²) in [4.78, 5) is 4.92. The lowest BCUT2D eigenvalue weighted by molar-refractivity contribution is 0.342. The summed E-state index contributed by atoms with van der Waals surface area (Å²) in [6.45, 7) is 7.83. The van der Waals surface area contributed by atoms with Crippen LogP contribution in [0.1, 0.15) is 20.3 Å². The van der Waals surface area contributed by atoms with Crippen molar-refractivity contribution in [2.45, 2.75) is 32.6 Å². The summed E-state index contributed by atoms with van der Waals surface area (Å²) < 4.78 is 0.